The first-order valence-corrected chi connectivity index (χ1v) is 8.97. The Morgan fingerprint density at radius 1 is 1.04 bits per heavy atom. The molecule has 1 N–H and O–H groups in total. The zero-order valence-electron chi connectivity index (χ0n) is 15.7. The molecule has 1 amide bonds. The smallest absolute Gasteiger partial charge is 0.270 e. The number of carbonyl (C=O) groups excluding carboxylic acids is 1. The molecular formula is C20H28N4O. The fraction of sp³-hybridized carbons (Fsp3) is 0.450. The lowest BCUT2D eigenvalue weighted by molar-refractivity contribution is 0.0945. The van der Waals surface area contributed by atoms with Crippen LogP contribution in [0.5, 0.6) is 0 Å². The molecule has 0 fully saturated rings. The molecule has 0 spiro atoms. The molecule has 0 saturated carbocycles. The summed E-state index contributed by atoms with van der Waals surface area (Å²) >= 11 is 0. The molecule has 2 aromatic rings. The van der Waals surface area contributed by atoms with Gasteiger partial charge in [-0.2, -0.15) is 0 Å². The van der Waals surface area contributed by atoms with Crippen LogP contribution < -0.4 is 10.2 Å². The Morgan fingerprint density at radius 2 is 1.68 bits per heavy atom. The monoisotopic (exact) mass is 340 g/mol. The third-order valence-electron chi connectivity index (χ3n) is 3.92. The minimum absolute atomic E-state index is 0.166. The van der Waals surface area contributed by atoms with E-state index in [9.17, 15) is 4.79 Å². The molecule has 0 aliphatic rings. The SMILES string of the molecule is CCCN(CCC)c1nc(C)cc(C(=O)NCc2ccc(C)cc2)n1. The van der Waals surface area contributed by atoms with Gasteiger partial charge in [0.2, 0.25) is 5.95 Å². The van der Waals surface area contributed by atoms with Gasteiger partial charge in [-0.1, -0.05) is 43.7 Å². The second-order valence-corrected chi connectivity index (χ2v) is 6.35. The van der Waals surface area contributed by atoms with Gasteiger partial charge >= 0.3 is 0 Å². The van der Waals surface area contributed by atoms with Crippen LogP contribution in [0.3, 0.4) is 0 Å². The molecule has 1 aromatic heterocycles. The number of nitrogens with one attached hydrogen (secondary N) is 1. The van der Waals surface area contributed by atoms with E-state index in [1.807, 2.05) is 38.1 Å². The molecule has 2 rings (SSSR count). The van der Waals surface area contributed by atoms with Crippen molar-refractivity contribution in [3.05, 3.63) is 52.8 Å². The highest BCUT2D eigenvalue weighted by atomic mass is 16.1. The van der Waals surface area contributed by atoms with E-state index in [1.54, 1.807) is 6.07 Å². The van der Waals surface area contributed by atoms with Gasteiger partial charge in [0.15, 0.2) is 0 Å². The van der Waals surface area contributed by atoms with Gasteiger partial charge in [0, 0.05) is 25.3 Å². The average Bonchev–Trinajstić information content (AvgIpc) is 2.60. The summed E-state index contributed by atoms with van der Waals surface area (Å²) in [5, 5.41) is 2.94. The highest BCUT2D eigenvalue weighted by molar-refractivity contribution is 5.92. The quantitative estimate of drug-likeness (QED) is 0.797. The normalized spacial score (nSPS) is 10.6. The van der Waals surface area contributed by atoms with Gasteiger partial charge in [0.25, 0.3) is 5.91 Å². The Bertz CT molecular complexity index is 691. The third-order valence-corrected chi connectivity index (χ3v) is 3.92. The molecule has 0 radical (unpaired) electrons. The molecule has 134 valence electrons. The fourth-order valence-electron chi connectivity index (χ4n) is 2.64. The molecule has 0 atom stereocenters. The van der Waals surface area contributed by atoms with E-state index in [1.165, 1.54) is 5.56 Å². The minimum Gasteiger partial charge on any atom is -0.347 e. The van der Waals surface area contributed by atoms with Crippen molar-refractivity contribution in [3.8, 4) is 0 Å². The number of hydrogen-bond acceptors (Lipinski definition) is 4. The molecular weight excluding hydrogens is 312 g/mol. The highest BCUT2D eigenvalue weighted by Gasteiger charge is 2.14. The maximum Gasteiger partial charge on any atom is 0.270 e. The van der Waals surface area contributed by atoms with Crippen LogP contribution >= 0.6 is 0 Å². The van der Waals surface area contributed by atoms with Crippen molar-refractivity contribution < 1.29 is 4.79 Å². The van der Waals surface area contributed by atoms with Crippen LogP contribution in [-0.2, 0) is 6.54 Å². The summed E-state index contributed by atoms with van der Waals surface area (Å²) in [4.78, 5) is 23.7. The summed E-state index contributed by atoms with van der Waals surface area (Å²) in [6.07, 6.45) is 2.04. The van der Waals surface area contributed by atoms with Crippen molar-refractivity contribution in [2.45, 2.75) is 47.1 Å². The standard InChI is InChI=1S/C20H28N4O/c1-5-11-24(12-6-2)20-22-16(4)13-18(23-20)19(25)21-14-17-9-7-15(3)8-10-17/h7-10,13H,5-6,11-12,14H2,1-4H3,(H,21,25). The van der Waals surface area contributed by atoms with Crippen molar-refractivity contribution in [1.29, 1.82) is 0 Å². The number of amides is 1. The number of nitrogens with zero attached hydrogens (tertiary/aromatic N) is 3. The van der Waals surface area contributed by atoms with E-state index in [0.29, 0.717) is 18.2 Å². The zero-order valence-corrected chi connectivity index (χ0v) is 15.7. The summed E-state index contributed by atoms with van der Waals surface area (Å²) in [5.74, 6) is 0.476. The van der Waals surface area contributed by atoms with Crippen LogP contribution in [0, 0.1) is 13.8 Å². The molecule has 25 heavy (non-hydrogen) atoms. The summed E-state index contributed by atoms with van der Waals surface area (Å²) in [6, 6.07) is 9.88. The maximum absolute atomic E-state index is 12.5. The van der Waals surface area contributed by atoms with E-state index in [0.717, 1.165) is 37.2 Å². The molecule has 0 unspecified atom stereocenters. The maximum atomic E-state index is 12.5. The molecule has 0 bridgehead atoms. The van der Waals surface area contributed by atoms with E-state index in [-0.39, 0.29) is 5.91 Å². The molecule has 0 aliphatic carbocycles. The molecule has 0 aliphatic heterocycles. The summed E-state index contributed by atoms with van der Waals surface area (Å²) in [6.45, 7) is 10.5. The summed E-state index contributed by atoms with van der Waals surface area (Å²) in [5.41, 5.74) is 3.51. The number of hydrogen-bond donors (Lipinski definition) is 1. The van der Waals surface area contributed by atoms with Crippen molar-refractivity contribution >= 4 is 11.9 Å². The molecule has 1 heterocycles. The average molecular weight is 340 g/mol. The number of rotatable bonds is 8. The first-order chi connectivity index (χ1) is 12.0. The van der Waals surface area contributed by atoms with E-state index < -0.39 is 0 Å². The molecule has 5 nitrogen and oxygen atoms in total. The van der Waals surface area contributed by atoms with Gasteiger partial charge in [-0.25, -0.2) is 9.97 Å². The van der Waals surface area contributed by atoms with Crippen LogP contribution in [0.4, 0.5) is 5.95 Å². The lowest BCUT2D eigenvalue weighted by atomic mass is 10.1. The minimum atomic E-state index is -0.166. The molecule has 0 saturated heterocycles. The van der Waals surface area contributed by atoms with E-state index in [4.69, 9.17) is 0 Å². The first kappa shape index (κ1) is 18.9. The third kappa shape index (κ3) is 5.55. The Morgan fingerprint density at radius 3 is 2.28 bits per heavy atom. The number of aromatic nitrogens is 2. The van der Waals surface area contributed by atoms with E-state index >= 15 is 0 Å². The van der Waals surface area contributed by atoms with Crippen molar-refractivity contribution in [2.24, 2.45) is 0 Å². The van der Waals surface area contributed by atoms with Gasteiger partial charge in [-0.05, 0) is 38.3 Å². The topological polar surface area (TPSA) is 58.1 Å². The number of anilines is 1. The summed E-state index contributed by atoms with van der Waals surface area (Å²) in [7, 11) is 0. The number of benzene rings is 1. The van der Waals surface area contributed by atoms with Crippen molar-refractivity contribution in [2.75, 3.05) is 18.0 Å². The molecule has 5 heteroatoms. The van der Waals surface area contributed by atoms with Crippen molar-refractivity contribution in [3.63, 3.8) is 0 Å². The Balaban J connectivity index is 2.11. The van der Waals surface area contributed by atoms with Gasteiger partial charge < -0.3 is 10.2 Å². The van der Waals surface area contributed by atoms with E-state index in [2.05, 4.69) is 34.0 Å². The fourth-order valence-corrected chi connectivity index (χ4v) is 2.64. The van der Waals surface area contributed by atoms with Crippen LogP contribution in [0.15, 0.2) is 30.3 Å². The predicted molar refractivity (Wildman–Crippen MR) is 102 cm³/mol. The number of carbonyl (C=O) groups is 1. The van der Waals surface area contributed by atoms with Gasteiger partial charge in [0.05, 0.1) is 0 Å². The van der Waals surface area contributed by atoms with Gasteiger partial charge in [-0.3, -0.25) is 4.79 Å². The largest absolute Gasteiger partial charge is 0.347 e. The van der Waals surface area contributed by atoms with Crippen LogP contribution in [-0.4, -0.2) is 29.0 Å². The molecule has 1 aromatic carbocycles. The Hall–Kier alpha value is -2.43. The van der Waals surface area contributed by atoms with Crippen molar-refractivity contribution in [1.82, 2.24) is 15.3 Å². The first-order valence-electron chi connectivity index (χ1n) is 8.97. The Labute approximate surface area is 150 Å². The van der Waals surface area contributed by atoms with Crippen LogP contribution in [0.1, 0.15) is 54.0 Å². The zero-order chi connectivity index (χ0) is 18.2. The Kier molecular flexibility index (Phi) is 6.92. The van der Waals surface area contributed by atoms with Gasteiger partial charge in [0.1, 0.15) is 5.69 Å². The lowest BCUT2D eigenvalue weighted by Gasteiger charge is -2.22. The predicted octanol–water partition coefficient (Wildman–Crippen LogP) is 3.65. The second-order valence-electron chi connectivity index (χ2n) is 6.35. The second kappa shape index (κ2) is 9.16. The summed E-state index contributed by atoms with van der Waals surface area (Å²) < 4.78 is 0. The lowest BCUT2D eigenvalue weighted by Crippen LogP contribution is -2.29. The number of aryl methyl sites for hydroxylation is 2. The van der Waals surface area contributed by atoms with Gasteiger partial charge in [-0.15, -0.1) is 0 Å². The van der Waals surface area contributed by atoms with Crippen LogP contribution in [0.2, 0.25) is 0 Å². The van der Waals surface area contributed by atoms with Crippen LogP contribution in [0.25, 0.3) is 0 Å². The highest BCUT2D eigenvalue weighted by Crippen LogP contribution is 2.12.